The number of ether oxygens (including phenoxy) is 2. The van der Waals surface area contributed by atoms with Crippen molar-refractivity contribution in [2.75, 3.05) is 19.5 Å². The number of carbonyl (C=O) groups is 1. The zero-order chi connectivity index (χ0) is 20.9. The van der Waals surface area contributed by atoms with E-state index in [0.29, 0.717) is 17.1 Å². The van der Waals surface area contributed by atoms with Gasteiger partial charge in [-0.1, -0.05) is 42.5 Å². The fraction of sp³-hybridized carbons (Fsp3) is 0.125. The van der Waals surface area contributed by atoms with E-state index in [2.05, 4.69) is 28.2 Å². The smallest absolute Gasteiger partial charge is 0.255 e. The minimum Gasteiger partial charge on any atom is -0.493 e. The number of methoxy groups -OCH3 is 2. The van der Waals surface area contributed by atoms with Crippen LogP contribution in [0.1, 0.15) is 26.9 Å². The van der Waals surface area contributed by atoms with Gasteiger partial charge in [-0.15, -0.1) is 11.8 Å². The molecular formula is C24H22N2O3S. The molecule has 6 heteroatoms. The van der Waals surface area contributed by atoms with Crippen LogP contribution in [0.2, 0.25) is 0 Å². The molecule has 0 saturated carbocycles. The quantitative estimate of drug-likeness (QED) is 0.570. The van der Waals surface area contributed by atoms with Gasteiger partial charge in [0.15, 0.2) is 11.5 Å². The maximum atomic E-state index is 12.7. The first-order valence-electron chi connectivity index (χ1n) is 9.49. The van der Waals surface area contributed by atoms with Crippen LogP contribution in [0.15, 0.2) is 78.2 Å². The van der Waals surface area contributed by atoms with Gasteiger partial charge in [0.1, 0.15) is 5.37 Å². The molecule has 1 aliphatic rings. The van der Waals surface area contributed by atoms with Crippen molar-refractivity contribution in [2.45, 2.75) is 5.37 Å². The highest BCUT2D eigenvalue weighted by Crippen LogP contribution is 2.37. The highest BCUT2D eigenvalue weighted by atomic mass is 32.2. The molecule has 1 unspecified atom stereocenters. The van der Waals surface area contributed by atoms with Crippen molar-refractivity contribution in [1.29, 1.82) is 0 Å². The normalized spacial score (nSPS) is 15.1. The predicted molar refractivity (Wildman–Crippen MR) is 122 cm³/mol. The van der Waals surface area contributed by atoms with E-state index >= 15 is 0 Å². The molecule has 0 bridgehead atoms. The molecule has 1 aliphatic heterocycles. The number of thioether (sulfide) groups is 1. The molecule has 1 amide bonds. The second-order valence-corrected chi connectivity index (χ2v) is 7.69. The fourth-order valence-corrected chi connectivity index (χ4v) is 4.22. The Bertz CT molecular complexity index is 1080. The lowest BCUT2D eigenvalue weighted by Gasteiger charge is -2.14. The zero-order valence-electron chi connectivity index (χ0n) is 16.7. The highest BCUT2D eigenvalue weighted by Gasteiger charge is 2.19. The lowest BCUT2D eigenvalue weighted by Crippen LogP contribution is -2.14. The number of benzene rings is 3. The lowest BCUT2D eigenvalue weighted by molar-refractivity contribution is 0.102. The number of anilines is 1. The van der Waals surface area contributed by atoms with Crippen molar-refractivity contribution >= 4 is 29.1 Å². The SMILES string of the molecule is COc1ccc(C(=O)Nc2cccc(C3=CSC(c4ccccc4)N3)c2)cc1OC. The molecule has 152 valence electrons. The first-order chi connectivity index (χ1) is 14.7. The first-order valence-corrected chi connectivity index (χ1v) is 10.4. The molecule has 1 atom stereocenters. The van der Waals surface area contributed by atoms with Crippen LogP contribution in [-0.2, 0) is 0 Å². The largest absolute Gasteiger partial charge is 0.493 e. The van der Waals surface area contributed by atoms with Crippen molar-refractivity contribution in [3.63, 3.8) is 0 Å². The van der Waals surface area contributed by atoms with Crippen molar-refractivity contribution in [1.82, 2.24) is 5.32 Å². The molecule has 3 aromatic carbocycles. The molecule has 0 fully saturated rings. The Hall–Kier alpha value is -3.38. The molecule has 0 aliphatic carbocycles. The van der Waals surface area contributed by atoms with Crippen LogP contribution in [0.5, 0.6) is 11.5 Å². The van der Waals surface area contributed by atoms with Crippen LogP contribution < -0.4 is 20.1 Å². The second-order valence-electron chi connectivity index (χ2n) is 6.71. The molecule has 0 saturated heterocycles. The van der Waals surface area contributed by atoms with Gasteiger partial charge in [-0.05, 0) is 41.3 Å². The second kappa shape index (κ2) is 8.97. The third-order valence-electron chi connectivity index (χ3n) is 4.79. The average Bonchev–Trinajstić information content (AvgIpc) is 3.30. The minimum atomic E-state index is -0.210. The number of carbonyl (C=O) groups excluding carboxylic acids is 1. The van der Waals surface area contributed by atoms with E-state index in [1.807, 2.05) is 42.5 Å². The predicted octanol–water partition coefficient (Wildman–Crippen LogP) is 5.29. The van der Waals surface area contributed by atoms with Gasteiger partial charge < -0.3 is 20.1 Å². The van der Waals surface area contributed by atoms with Gasteiger partial charge in [-0.2, -0.15) is 0 Å². The Morgan fingerprint density at radius 3 is 2.50 bits per heavy atom. The van der Waals surface area contributed by atoms with Gasteiger partial charge in [0.2, 0.25) is 0 Å². The van der Waals surface area contributed by atoms with Crippen LogP contribution in [0, 0.1) is 0 Å². The van der Waals surface area contributed by atoms with E-state index in [1.165, 1.54) is 5.56 Å². The summed E-state index contributed by atoms with van der Waals surface area (Å²) in [6.07, 6.45) is 0. The Kier molecular flexibility index (Phi) is 5.95. The van der Waals surface area contributed by atoms with Crippen molar-refractivity contribution in [3.05, 3.63) is 94.9 Å². The third-order valence-corrected chi connectivity index (χ3v) is 5.82. The zero-order valence-corrected chi connectivity index (χ0v) is 17.5. The van der Waals surface area contributed by atoms with E-state index in [1.54, 1.807) is 44.2 Å². The Morgan fingerprint density at radius 1 is 0.933 bits per heavy atom. The molecular weight excluding hydrogens is 396 g/mol. The van der Waals surface area contributed by atoms with E-state index in [-0.39, 0.29) is 11.3 Å². The number of amides is 1. The molecule has 1 heterocycles. The third kappa shape index (κ3) is 4.28. The van der Waals surface area contributed by atoms with Gasteiger partial charge in [0.05, 0.1) is 14.2 Å². The maximum Gasteiger partial charge on any atom is 0.255 e. The summed E-state index contributed by atoms with van der Waals surface area (Å²) in [5, 5.41) is 8.81. The van der Waals surface area contributed by atoms with Gasteiger partial charge in [-0.3, -0.25) is 4.79 Å². The van der Waals surface area contributed by atoms with Gasteiger partial charge >= 0.3 is 0 Å². The highest BCUT2D eigenvalue weighted by molar-refractivity contribution is 8.02. The summed E-state index contributed by atoms with van der Waals surface area (Å²) < 4.78 is 10.5. The van der Waals surface area contributed by atoms with E-state index in [9.17, 15) is 4.79 Å². The number of rotatable bonds is 6. The molecule has 30 heavy (non-hydrogen) atoms. The van der Waals surface area contributed by atoms with Crippen LogP contribution in [-0.4, -0.2) is 20.1 Å². The Labute approximate surface area is 180 Å². The summed E-state index contributed by atoms with van der Waals surface area (Å²) in [7, 11) is 3.11. The van der Waals surface area contributed by atoms with Gasteiger partial charge in [0, 0.05) is 22.5 Å². The number of hydrogen-bond donors (Lipinski definition) is 2. The summed E-state index contributed by atoms with van der Waals surface area (Å²) >= 11 is 1.74. The molecule has 2 N–H and O–H groups in total. The summed E-state index contributed by atoms with van der Waals surface area (Å²) in [5.41, 5.74) is 4.51. The van der Waals surface area contributed by atoms with E-state index < -0.39 is 0 Å². The fourth-order valence-electron chi connectivity index (χ4n) is 3.23. The van der Waals surface area contributed by atoms with Gasteiger partial charge in [0.25, 0.3) is 5.91 Å². The molecule has 0 aromatic heterocycles. The van der Waals surface area contributed by atoms with Crippen LogP contribution in [0.4, 0.5) is 5.69 Å². The van der Waals surface area contributed by atoms with Crippen molar-refractivity contribution < 1.29 is 14.3 Å². The molecule has 4 rings (SSSR count). The van der Waals surface area contributed by atoms with Crippen molar-refractivity contribution in [3.8, 4) is 11.5 Å². The molecule has 5 nitrogen and oxygen atoms in total. The first kappa shape index (κ1) is 19.9. The maximum absolute atomic E-state index is 12.7. The summed E-state index contributed by atoms with van der Waals surface area (Å²) in [6, 6.07) is 23.2. The summed E-state index contributed by atoms with van der Waals surface area (Å²) in [5.74, 6) is 0.891. The van der Waals surface area contributed by atoms with Gasteiger partial charge in [-0.25, -0.2) is 0 Å². The topological polar surface area (TPSA) is 59.6 Å². The molecule has 0 radical (unpaired) electrons. The summed E-state index contributed by atoms with van der Waals surface area (Å²) in [6.45, 7) is 0. The summed E-state index contributed by atoms with van der Waals surface area (Å²) in [4.78, 5) is 12.7. The molecule has 0 spiro atoms. The monoisotopic (exact) mass is 418 g/mol. The average molecular weight is 419 g/mol. The lowest BCUT2D eigenvalue weighted by atomic mass is 10.1. The number of hydrogen-bond acceptors (Lipinski definition) is 5. The van der Waals surface area contributed by atoms with Crippen molar-refractivity contribution in [2.24, 2.45) is 0 Å². The Balaban J connectivity index is 1.47. The van der Waals surface area contributed by atoms with E-state index in [0.717, 1.165) is 16.9 Å². The van der Waals surface area contributed by atoms with Crippen LogP contribution in [0.3, 0.4) is 0 Å². The minimum absolute atomic E-state index is 0.186. The van der Waals surface area contributed by atoms with Crippen LogP contribution >= 0.6 is 11.8 Å². The molecule has 3 aromatic rings. The standard InChI is InChI=1S/C24H22N2O3S/c1-28-21-12-11-18(14-22(21)29-2)23(27)25-19-10-6-9-17(13-19)20-15-30-24(26-20)16-7-4-3-5-8-16/h3-15,24,26H,1-2H3,(H,25,27). The number of nitrogens with one attached hydrogen (secondary N) is 2. The van der Waals surface area contributed by atoms with E-state index in [4.69, 9.17) is 9.47 Å². The van der Waals surface area contributed by atoms with Crippen LogP contribution in [0.25, 0.3) is 5.70 Å². The Morgan fingerprint density at radius 2 is 1.73 bits per heavy atom.